The van der Waals surface area contributed by atoms with Crippen LogP contribution in [0.2, 0.25) is 0 Å². The number of hydrogen-bond acceptors (Lipinski definition) is 5. The molecule has 2 heterocycles. The van der Waals surface area contributed by atoms with Gasteiger partial charge in [-0.25, -0.2) is 9.37 Å². The van der Waals surface area contributed by atoms with Crippen LogP contribution < -0.4 is 5.56 Å². The van der Waals surface area contributed by atoms with E-state index in [0.29, 0.717) is 53.4 Å². The van der Waals surface area contributed by atoms with E-state index in [9.17, 15) is 14.0 Å². The first-order chi connectivity index (χ1) is 15.4. The molecule has 4 rings (SSSR count). The van der Waals surface area contributed by atoms with E-state index in [1.807, 2.05) is 24.8 Å². The molecule has 8 heteroatoms. The highest BCUT2D eigenvalue weighted by molar-refractivity contribution is 7.99. The Bertz CT molecular complexity index is 1160. The number of benzene rings is 2. The minimum atomic E-state index is -0.366. The number of carbonyl (C=O) groups excluding carboxylic acids is 1. The molecule has 2 unspecified atom stereocenters. The van der Waals surface area contributed by atoms with Gasteiger partial charge in [0, 0.05) is 25.3 Å². The quantitative estimate of drug-likeness (QED) is 0.319. The normalized spacial score (nSPS) is 18.8. The molecule has 3 aromatic rings. The molecule has 6 nitrogen and oxygen atoms in total. The van der Waals surface area contributed by atoms with E-state index >= 15 is 0 Å². The summed E-state index contributed by atoms with van der Waals surface area (Å²) in [6.45, 7) is 5.19. The van der Waals surface area contributed by atoms with Crippen LogP contribution in [0, 0.1) is 5.82 Å². The van der Waals surface area contributed by atoms with Gasteiger partial charge in [-0.15, -0.1) is 0 Å². The topological polar surface area (TPSA) is 64.4 Å². The average Bonchev–Trinajstić information content (AvgIpc) is 2.77. The molecule has 0 aliphatic carbocycles. The van der Waals surface area contributed by atoms with Crippen LogP contribution in [-0.4, -0.2) is 51.4 Å². The molecule has 1 aliphatic rings. The Morgan fingerprint density at radius 3 is 2.53 bits per heavy atom. The molecule has 168 valence electrons. The lowest BCUT2D eigenvalue weighted by Crippen LogP contribution is -2.48. The van der Waals surface area contributed by atoms with Crippen molar-refractivity contribution >= 4 is 28.6 Å². The Balaban J connectivity index is 1.50. The Kier molecular flexibility index (Phi) is 6.91. The highest BCUT2D eigenvalue weighted by atomic mass is 32.2. The van der Waals surface area contributed by atoms with Crippen LogP contribution in [0.1, 0.15) is 26.7 Å². The minimum absolute atomic E-state index is 0.0454. The van der Waals surface area contributed by atoms with E-state index in [0.717, 1.165) is 0 Å². The summed E-state index contributed by atoms with van der Waals surface area (Å²) >= 11 is 1.43. The second-order valence-electron chi connectivity index (χ2n) is 8.04. The molecule has 1 aromatic heterocycles. The molecular formula is C24H26FN3O3S. The Hall–Kier alpha value is -2.71. The number of ether oxygens (including phenoxy) is 1. The third-order valence-electron chi connectivity index (χ3n) is 5.37. The van der Waals surface area contributed by atoms with E-state index in [1.54, 1.807) is 30.3 Å². The summed E-state index contributed by atoms with van der Waals surface area (Å²) in [5.74, 6) is 0.387. The fraction of sp³-hybridized carbons (Fsp3) is 0.375. The van der Waals surface area contributed by atoms with E-state index < -0.39 is 0 Å². The number of morpholine rings is 1. The summed E-state index contributed by atoms with van der Waals surface area (Å²) < 4.78 is 20.6. The molecule has 0 radical (unpaired) electrons. The lowest BCUT2D eigenvalue weighted by atomic mass is 10.2. The average molecular weight is 456 g/mol. The second-order valence-corrected chi connectivity index (χ2v) is 9.10. The number of halogens is 1. The van der Waals surface area contributed by atoms with Crippen LogP contribution in [0.5, 0.6) is 0 Å². The fourth-order valence-corrected chi connectivity index (χ4v) is 4.91. The molecule has 1 saturated heterocycles. The Labute approximate surface area is 190 Å². The van der Waals surface area contributed by atoms with Crippen molar-refractivity contribution in [3.63, 3.8) is 0 Å². The van der Waals surface area contributed by atoms with Gasteiger partial charge >= 0.3 is 0 Å². The Morgan fingerprint density at radius 2 is 1.81 bits per heavy atom. The first kappa shape index (κ1) is 22.5. The number of rotatable bonds is 6. The van der Waals surface area contributed by atoms with Gasteiger partial charge in [0.2, 0.25) is 5.91 Å². The maximum atomic E-state index is 13.4. The summed E-state index contributed by atoms with van der Waals surface area (Å²) in [6, 6.07) is 13.0. The van der Waals surface area contributed by atoms with Crippen LogP contribution in [-0.2, 0) is 9.53 Å². The van der Waals surface area contributed by atoms with Crippen molar-refractivity contribution in [2.75, 3.05) is 18.8 Å². The van der Waals surface area contributed by atoms with Gasteiger partial charge in [-0.3, -0.25) is 14.2 Å². The van der Waals surface area contributed by atoms with Crippen molar-refractivity contribution < 1.29 is 13.9 Å². The third kappa shape index (κ3) is 5.02. The SMILES string of the molecule is CC1CN(C(=O)CCCSc2nc3ccccc3c(=O)n2-c2ccc(F)cc2)CC(C)O1. The van der Waals surface area contributed by atoms with E-state index in [-0.39, 0.29) is 29.5 Å². The van der Waals surface area contributed by atoms with E-state index in [1.165, 1.54) is 28.5 Å². The van der Waals surface area contributed by atoms with Crippen LogP contribution in [0.4, 0.5) is 4.39 Å². The van der Waals surface area contributed by atoms with Crippen LogP contribution >= 0.6 is 11.8 Å². The maximum absolute atomic E-state index is 13.4. The molecule has 0 N–H and O–H groups in total. The van der Waals surface area contributed by atoms with Crippen molar-refractivity contribution in [1.82, 2.24) is 14.5 Å². The van der Waals surface area contributed by atoms with Gasteiger partial charge < -0.3 is 9.64 Å². The summed E-state index contributed by atoms with van der Waals surface area (Å²) in [5, 5.41) is 1.04. The zero-order chi connectivity index (χ0) is 22.7. The van der Waals surface area contributed by atoms with E-state index in [4.69, 9.17) is 4.74 Å². The molecule has 0 saturated carbocycles. The molecule has 0 bridgehead atoms. The van der Waals surface area contributed by atoms with Crippen molar-refractivity contribution in [1.29, 1.82) is 0 Å². The number of aromatic nitrogens is 2. The first-order valence-corrected chi connectivity index (χ1v) is 11.7. The number of nitrogens with zero attached hydrogens (tertiary/aromatic N) is 3. The smallest absolute Gasteiger partial charge is 0.266 e. The van der Waals surface area contributed by atoms with Gasteiger partial charge in [-0.05, 0) is 56.7 Å². The zero-order valence-electron chi connectivity index (χ0n) is 18.2. The van der Waals surface area contributed by atoms with Crippen LogP contribution in [0.3, 0.4) is 0 Å². The summed E-state index contributed by atoms with van der Waals surface area (Å²) in [6.07, 6.45) is 1.18. The molecule has 1 fully saturated rings. The van der Waals surface area contributed by atoms with Crippen LogP contribution in [0.15, 0.2) is 58.5 Å². The van der Waals surface area contributed by atoms with Crippen LogP contribution in [0.25, 0.3) is 16.6 Å². The zero-order valence-corrected chi connectivity index (χ0v) is 19.0. The van der Waals surface area contributed by atoms with Gasteiger partial charge in [0.1, 0.15) is 5.82 Å². The van der Waals surface area contributed by atoms with Crippen molar-refractivity contribution in [2.45, 2.75) is 44.1 Å². The number of hydrogen-bond donors (Lipinski definition) is 0. The standard InChI is InChI=1S/C24H26FN3O3S/c1-16-14-27(15-17(2)31-16)22(29)8-5-13-32-24-26-21-7-4-3-6-20(21)23(30)28(24)19-11-9-18(25)10-12-19/h3-4,6-7,9-12,16-17H,5,8,13-15H2,1-2H3. The lowest BCUT2D eigenvalue weighted by Gasteiger charge is -2.35. The number of fused-ring (bicyclic) bond motifs is 1. The second kappa shape index (κ2) is 9.83. The minimum Gasteiger partial charge on any atom is -0.372 e. The summed E-state index contributed by atoms with van der Waals surface area (Å²) in [7, 11) is 0. The molecular weight excluding hydrogens is 429 g/mol. The first-order valence-electron chi connectivity index (χ1n) is 10.8. The molecule has 2 aromatic carbocycles. The highest BCUT2D eigenvalue weighted by Crippen LogP contribution is 2.23. The van der Waals surface area contributed by atoms with Crippen molar-refractivity contribution in [2.24, 2.45) is 0 Å². The predicted octanol–water partition coefficient (Wildman–Crippen LogP) is 4.03. The number of para-hydroxylation sites is 1. The fourth-order valence-electron chi connectivity index (χ4n) is 3.95. The third-order valence-corrected chi connectivity index (χ3v) is 6.39. The summed E-state index contributed by atoms with van der Waals surface area (Å²) in [4.78, 5) is 32.3. The van der Waals surface area contributed by atoms with Gasteiger partial charge in [-0.1, -0.05) is 23.9 Å². The molecule has 1 aliphatic heterocycles. The Morgan fingerprint density at radius 1 is 1.12 bits per heavy atom. The van der Waals surface area contributed by atoms with Gasteiger partial charge in [0.05, 0.1) is 28.8 Å². The monoisotopic (exact) mass is 455 g/mol. The van der Waals surface area contributed by atoms with Crippen molar-refractivity contribution in [3.8, 4) is 5.69 Å². The molecule has 0 spiro atoms. The van der Waals surface area contributed by atoms with Crippen molar-refractivity contribution in [3.05, 3.63) is 64.7 Å². The number of amides is 1. The highest BCUT2D eigenvalue weighted by Gasteiger charge is 2.25. The van der Waals surface area contributed by atoms with E-state index in [2.05, 4.69) is 4.98 Å². The maximum Gasteiger partial charge on any atom is 0.266 e. The number of thioether (sulfide) groups is 1. The summed E-state index contributed by atoms with van der Waals surface area (Å²) in [5.41, 5.74) is 0.979. The predicted molar refractivity (Wildman–Crippen MR) is 124 cm³/mol. The largest absolute Gasteiger partial charge is 0.372 e. The van der Waals surface area contributed by atoms with Gasteiger partial charge in [0.25, 0.3) is 5.56 Å². The molecule has 1 amide bonds. The molecule has 32 heavy (non-hydrogen) atoms. The van der Waals surface area contributed by atoms with Gasteiger partial charge in [0.15, 0.2) is 5.16 Å². The van der Waals surface area contributed by atoms with Gasteiger partial charge in [-0.2, -0.15) is 0 Å². The number of carbonyl (C=O) groups is 1. The lowest BCUT2D eigenvalue weighted by molar-refractivity contribution is -0.143. The molecule has 2 atom stereocenters.